The number of nitrogens with one attached hydrogen (secondary N) is 1. The van der Waals surface area contributed by atoms with Gasteiger partial charge < -0.3 is 5.11 Å². The van der Waals surface area contributed by atoms with Gasteiger partial charge in [0.05, 0.1) is 9.33 Å². The van der Waals surface area contributed by atoms with Crippen LogP contribution >= 0.6 is 38.6 Å². The van der Waals surface area contributed by atoms with Crippen LogP contribution in [0.5, 0.6) is 0 Å². The number of carboxylic acids is 1. The summed E-state index contributed by atoms with van der Waals surface area (Å²) in [6, 6.07) is 1.14. The first kappa shape index (κ1) is 16.6. The molecule has 21 heavy (non-hydrogen) atoms. The second-order valence-corrected chi connectivity index (χ2v) is 9.54. The summed E-state index contributed by atoms with van der Waals surface area (Å²) < 4.78 is 27.7. The zero-order chi connectivity index (χ0) is 15.8. The zero-order valence-corrected chi connectivity index (χ0v) is 15.0. The van der Waals surface area contributed by atoms with Crippen LogP contribution < -0.4 is 4.72 Å². The Hall–Kier alpha value is -0.810. The Morgan fingerprint density at radius 2 is 2.14 bits per heavy atom. The van der Waals surface area contributed by atoms with E-state index in [1.165, 1.54) is 11.3 Å². The standard InChI is InChI=1S/C11H11BrN2O4S3/c1-11(2,10-13-3-4-19-10)14-21(17,18)7-5-6(9(15)16)20-8(7)12/h3-5,14H,1-2H3,(H,15,16). The number of rotatable bonds is 5. The molecule has 0 aromatic carbocycles. The molecule has 2 heterocycles. The Morgan fingerprint density at radius 3 is 2.62 bits per heavy atom. The predicted octanol–water partition coefficient (Wildman–Crippen LogP) is 2.88. The lowest BCUT2D eigenvalue weighted by molar-refractivity contribution is 0.0702. The third-order valence-electron chi connectivity index (χ3n) is 2.51. The van der Waals surface area contributed by atoms with Gasteiger partial charge in [-0.3, -0.25) is 0 Å². The summed E-state index contributed by atoms with van der Waals surface area (Å²) in [6.45, 7) is 3.39. The third kappa shape index (κ3) is 3.51. The summed E-state index contributed by atoms with van der Waals surface area (Å²) in [4.78, 5) is 14.9. The summed E-state index contributed by atoms with van der Waals surface area (Å²) in [5.74, 6) is -1.17. The molecule has 2 aromatic rings. The van der Waals surface area contributed by atoms with Crippen LogP contribution in [-0.2, 0) is 15.6 Å². The van der Waals surface area contributed by atoms with Crippen molar-refractivity contribution in [2.45, 2.75) is 24.3 Å². The molecule has 0 unspecified atom stereocenters. The van der Waals surface area contributed by atoms with Gasteiger partial charge in [0.2, 0.25) is 10.0 Å². The Bertz CT molecular complexity index is 765. The minimum atomic E-state index is -3.87. The maximum atomic E-state index is 12.4. The Morgan fingerprint density at radius 1 is 1.48 bits per heavy atom. The van der Waals surface area contributed by atoms with Crippen molar-refractivity contribution in [1.82, 2.24) is 9.71 Å². The van der Waals surface area contributed by atoms with Gasteiger partial charge in [0.25, 0.3) is 0 Å². The first-order chi connectivity index (χ1) is 9.63. The van der Waals surface area contributed by atoms with Crippen molar-refractivity contribution in [3.63, 3.8) is 0 Å². The van der Waals surface area contributed by atoms with E-state index in [0.717, 1.165) is 17.4 Å². The molecule has 0 spiro atoms. The van der Waals surface area contributed by atoms with Gasteiger partial charge in [-0.1, -0.05) is 0 Å². The highest BCUT2D eigenvalue weighted by Gasteiger charge is 2.32. The molecule has 0 aliphatic carbocycles. The molecule has 6 nitrogen and oxygen atoms in total. The lowest BCUT2D eigenvalue weighted by atomic mass is 10.1. The molecule has 0 aliphatic rings. The molecule has 0 saturated heterocycles. The molecular formula is C11H11BrN2O4S3. The number of aromatic carboxylic acids is 1. The van der Waals surface area contributed by atoms with Crippen LogP contribution in [0.3, 0.4) is 0 Å². The maximum Gasteiger partial charge on any atom is 0.345 e. The molecule has 0 aliphatic heterocycles. The molecule has 2 aromatic heterocycles. The van der Waals surface area contributed by atoms with Gasteiger partial charge in [-0.15, -0.1) is 22.7 Å². The van der Waals surface area contributed by atoms with E-state index in [0.29, 0.717) is 5.01 Å². The van der Waals surface area contributed by atoms with E-state index in [-0.39, 0.29) is 13.6 Å². The molecule has 2 N–H and O–H groups in total. The van der Waals surface area contributed by atoms with Gasteiger partial charge in [0.15, 0.2) is 0 Å². The lowest BCUT2D eigenvalue weighted by Crippen LogP contribution is -2.40. The molecule has 0 amide bonds. The number of nitrogens with zero attached hydrogens (tertiary/aromatic N) is 1. The monoisotopic (exact) mass is 410 g/mol. The molecule has 114 valence electrons. The largest absolute Gasteiger partial charge is 0.477 e. The normalized spacial score (nSPS) is 12.5. The van der Waals surface area contributed by atoms with Gasteiger partial charge in [0, 0.05) is 11.6 Å². The molecule has 0 radical (unpaired) electrons. The molecule has 0 bridgehead atoms. The van der Waals surface area contributed by atoms with Crippen molar-refractivity contribution in [2.24, 2.45) is 0 Å². The molecule has 0 fully saturated rings. The van der Waals surface area contributed by atoms with E-state index in [1.807, 2.05) is 0 Å². The number of carbonyl (C=O) groups is 1. The fourth-order valence-corrected chi connectivity index (χ4v) is 6.18. The number of thiophene rings is 1. The Kier molecular flexibility index (Phi) is 4.54. The quantitative estimate of drug-likeness (QED) is 0.789. The summed E-state index contributed by atoms with van der Waals surface area (Å²) in [7, 11) is -3.87. The summed E-state index contributed by atoms with van der Waals surface area (Å²) in [6.07, 6.45) is 1.60. The van der Waals surface area contributed by atoms with Gasteiger partial charge in [-0.05, 0) is 35.8 Å². The van der Waals surface area contributed by atoms with E-state index < -0.39 is 21.5 Å². The SMILES string of the molecule is CC(C)(NS(=O)(=O)c1cc(C(=O)O)sc1Br)c1nccs1. The van der Waals surface area contributed by atoms with Crippen molar-refractivity contribution in [3.05, 3.63) is 31.3 Å². The van der Waals surface area contributed by atoms with E-state index in [2.05, 4.69) is 25.6 Å². The number of aromatic nitrogens is 1. The van der Waals surface area contributed by atoms with Crippen LogP contribution in [0.4, 0.5) is 0 Å². The van der Waals surface area contributed by atoms with E-state index >= 15 is 0 Å². The number of hydrogen-bond donors (Lipinski definition) is 2. The van der Waals surface area contributed by atoms with Crippen LogP contribution in [0.2, 0.25) is 0 Å². The molecule has 0 atom stereocenters. The predicted molar refractivity (Wildman–Crippen MR) is 84.4 cm³/mol. The highest BCUT2D eigenvalue weighted by molar-refractivity contribution is 9.11. The molecular weight excluding hydrogens is 400 g/mol. The van der Waals surface area contributed by atoms with Gasteiger partial charge in [0.1, 0.15) is 14.8 Å². The Balaban J connectivity index is 2.37. The second kappa shape index (κ2) is 5.76. The van der Waals surface area contributed by atoms with Crippen LogP contribution in [-0.4, -0.2) is 24.5 Å². The van der Waals surface area contributed by atoms with Crippen LogP contribution in [0.25, 0.3) is 0 Å². The average molecular weight is 411 g/mol. The van der Waals surface area contributed by atoms with E-state index in [4.69, 9.17) is 5.11 Å². The second-order valence-electron chi connectivity index (χ2n) is 4.62. The van der Waals surface area contributed by atoms with Crippen molar-refractivity contribution in [1.29, 1.82) is 0 Å². The molecule has 2 rings (SSSR count). The molecule has 10 heteroatoms. The van der Waals surface area contributed by atoms with Crippen LogP contribution in [0, 0.1) is 0 Å². The fourth-order valence-electron chi connectivity index (χ4n) is 1.61. The van der Waals surface area contributed by atoms with Gasteiger partial charge in [-0.25, -0.2) is 18.2 Å². The van der Waals surface area contributed by atoms with E-state index in [1.54, 1.807) is 25.4 Å². The first-order valence-corrected chi connectivity index (χ1v) is 9.57. The van der Waals surface area contributed by atoms with Crippen molar-refractivity contribution in [3.8, 4) is 0 Å². The van der Waals surface area contributed by atoms with Crippen LogP contribution in [0.15, 0.2) is 26.3 Å². The summed E-state index contributed by atoms with van der Waals surface area (Å²) in [5.41, 5.74) is -0.891. The first-order valence-electron chi connectivity index (χ1n) is 5.60. The van der Waals surface area contributed by atoms with Crippen molar-refractivity contribution in [2.75, 3.05) is 0 Å². The number of thiazole rings is 1. The summed E-state index contributed by atoms with van der Waals surface area (Å²) in [5, 5.41) is 11.3. The highest BCUT2D eigenvalue weighted by Crippen LogP contribution is 2.33. The number of carboxylic acid groups (broad SMARTS) is 1. The minimum absolute atomic E-state index is 0.0469. The topological polar surface area (TPSA) is 96.4 Å². The van der Waals surface area contributed by atoms with E-state index in [9.17, 15) is 13.2 Å². The lowest BCUT2D eigenvalue weighted by Gasteiger charge is -2.23. The highest BCUT2D eigenvalue weighted by atomic mass is 79.9. The number of sulfonamides is 1. The Labute approximate surface area is 138 Å². The number of hydrogen-bond acceptors (Lipinski definition) is 6. The van der Waals surface area contributed by atoms with Crippen molar-refractivity contribution >= 4 is 54.6 Å². The van der Waals surface area contributed by atoms with Crippen LogP contribution in [0.1, 0.15) is 28.5 Å². The minimum Gasteiger partial charge on any atom is -0.477 e. The maximum absolute atomic E-state index is 12.4. The van der Waals surface area contributed by atoms with Gasteiger partial charge in [-0.2, -0.15) is 4.72 Å². The average Bonchev–Trinajstić information content (AvgIpc) is 2.95. The van der Waals surface area contributed by atoms with Crippen molar-refractivity contribution < 1.29 is 18.3 Å². The fraction of sp³-hybridized carbons (Fsp3) is 0.273. The smallest absolute Gasteiger partial charge is 0.345 e. The number of halogens is 1. The zero-order valence-electron chi connectivity index (χ0n) is 11.0. The summed E-state index contributed by atoms with van der Waals surface area (Å²) >= 11 is 5.30. The molecule has 0 saturated carbocycles. The van der Waals surface area contributed by atoms with Gasteiger partial charge >= 0.3 is 5.97 Å². The third-order valence-corrected chi connectivity index (χ3v) is 7.51.